The molecule has 0 saturated heterocycles. The van der Waals surface area contributed by atoms with Gasteiger partial charge in [-0.2, -0.15) is 4.37 Å². The van der Waals surface area contributed by atoms with Gasteiger partial charge in [-0.15, -0.1) is 0 Å². The molecular weight excluding hydrogens is 361 g/mol. The molecule has 0 bridgehead atoms. The van der Waals surface area contributed by atoms with E-state index in [1.807, 2.05) is 18.2 Å². The maximum absolute atomic E-state index is 6.18. The van der Waals surface area contributed by atoms with Gasteiger partial charge in [-0.3, -0.25) is 0 Å². The van der Waals surface area contributed by atoms with Crippen LogP contribution in [0.3, 0.4) is 0 Å². The molecule has 0 aliphatic carbocycles. The zero-order valence-electron chi connectivity index (χ0n) is 13.2. The van der Waals surface area contributed by atoms with Gasteiger partial charge in [0.15, 0.2) is 0 Å². The minimum Gasteiger partial charge on any atom is -0.360 e. The topological polar surface area (TPSA) is 37.8 Å². The van der Waals surface area contributed by atoms with Gasteiger partial charge in [0.1, 0.15) is 5.82 Å². The molecule has 1 heterocycles. The van der Waals surface area contributed by atoms with E-state index in [0.717, 1.165) is 29.4 Å². The van der Waals surface area contributed by atoms with E-state index >= 15 is 0 Å². The first-order chi connectivity index (χ1) is 11.6. The van der Waals surface area contributed by atoms with E-state index in [9.17, 15) is 0 Å². The van der Waals surface area contributed by atoms with Crippen molar-refractivity contribution in [3.8, 4) is 0 Å². The Hall–Kier alpha value is -1.62. The van der Waals surface area contributed by atoms with E-state index in [-0.39, 0.29) is 0 Å². The lowest BCUT2D eigenvalue weighted by atomic mass is 10.1. The molecule has 0 aliphatic rings. The number of rotatable bonds is 6. The Morgan fingerprint density at radius 2 is 1.75 bits per heavy atom. The summed E-state index contributed by atoms with van der Waals surface area (Å²) in [6.07, 6.45) is 1.49. The Morgan fingerprint density at radius 1 is 1.04 bits per heavy atom. The number of aromatic nitrogens is 2. The summed E-state index contributed by atoms with van der Waals surface area (Å²) in [5, 5.41) is 5.50. The first-order valence-electron chi connectivity index (χ1n) is 7.67. The van der Waals surface area contributed by atoms with E-state index in [1.165, 1.54) is 22.7 Å². The highest BCUT2D eigenvalue weighted by Gasteiger charge is 2.07. The van der Waals surface area contributed by atoms with Crippen molar-refractivity contribution in [1.82, 2.24) is 9.36 Å². The summed E-state index contributed by atoms with van der Waals surface area (Å²) in [4.78, 5) is 4.53. The van der Waals surface area contributed by atoms with Crippen molar-refractivity contribution in [3.63, 3.8) is 0 Å². The zero-order valence-corrected chi connectivity index (χ0v) is 15.5. The normalized spacial score (nSPS) is 10.8. The number of benzene rings is 2. The van der Waals surface area contributed by atoms with Gasteiger partial charge in [-0.25, -0.2) is 4.98 Å². The van der Waals surface area contributed by atoms with Crippen molar-refractivity contribution in [2.45, 2.75) is 19.8 Å². The van der Waals surface area contributed by atoms with Crippen molar-refractivity contribution < 1.29 is 0 Å². The summed E-state index contributed by atoms with van der Waals surface area (Å²) in [7, 11) is 0. The Balaban J connectivity index is 1.55. The van der Waals surface area contributed by atoms with Gasteiger partial charge in [0.25, 0.3) is 0 Å². The van der Waals surface area contributed by atoms with Crippen LogP contribution in [0, 0.1) is 6.92 Å². The maximum Gasteiger partial charge on any atom is 0.202 e. The molecule has 3 rings (SSSR count). The van der Waals surface area contributed by atoms with Crippen LogP contribution in [0.25, 0.3) is 0 Å². The monoisotopic (exact) mass is 377 g/mol. The molecule has 2 aromatic carbocycles. The highest BCUT2D eigenvalue weighted by atomic mass is 35.5. The minimum absolute atomic E-state index is 0.696. The average molecular weight is 378 g/mol. The Morgan fingerprint density at radius 3 is 2.46 bits per heavy atom. The standard InChI is InChI=1S/C18H17Cl2N3S/c1-12-5-7-13(8-6-12)11-17-22-18(24-23-17)21-10-9-14-15(19)3-2-4-16(14)20/h2-8H,9-11H2,1H3,(H,21,22,23). The van der Waals surface area contributed by atoms with Crippen LogP contribution in [0.4, 0.5) is 5.13 Å². The number of nitrogens with one attached hydrogen (secondary N) is 1. The van der Waals surface area contributed by atoms with Crippen molar-refractivity contribution in [2.75, 3.05) is 11.9 Å². The van der Waals surface area contributed by atoms with Crippen LogP contribution in [-0.4, -0.2) is 15.9 Å². The lowest BCUT2D eigenvalue weighted by Crippen LogP contribution is -2.05. The minimum atomic E-state index is 0.696. The molecule has 0 atom stereocenters. The molecule has 0 amide bonds. The van der Waals surface area contributed by atoms with Crippen molar-refractivity contribution in [2.24, 2.45) is 0 Å². The summed E-state index contributed by atoms with van der Waals surface area (Å²) < 4.78 is 4.41. The number of hydrogen-bond donors (Lipinski definition) is 1. The molecule has 24 heavy (non-hydrogen) atoms. The summed E-state index contributed by atoms with van der Waals surface area (Å²) in [5.41, 5.74) is 3.43. The van der Waals surface area contributed by atoms with Gasteiger partial charge < -0.3 is 5.32 Å². The number of anilines is 1. The highest BCUT2D eigenvalue weighted by Crippen LogP contribution is 2.24. The fourth-order valence-electron chi connectivity index (χ4n) is 2.35. The first-order valence-corrected chi connectivity index (χ1v) is 9.19. The lowest BCUT2D eigenvalue weighted by molar-refractivity contribution is 0.995. The highest BCUT2D eigenvalue weighted by molar-refractivity contribution is 7.09. The largest absolute Gasteiger partial charge is 0.360 e. The second-order valence-corrected chi connectivity index (χ2v) is 7.12. The average Bonchev–Trinajstić information content (AvgIpc) is 3.00. The van der Waals surface area contributed by atoms with Crippen LogP contribution in [-0.2, 0) is 12.8 Å². The Labute approximate surface area is 155 Å². The van der Waals surface area contributed by atoms with Crippen LogP contribution in [0.5, 0.6) is 0 Å². The molecule has 1 aromatic heterocycles. The molecule has 0 saturated carbocycles. The molecule has 1 N–H and O–H groups in total. The van der Waals surface area contributed by atoms with E-state index in [4.69, 9.17) is 23.2 Å². The number of hydrogen-bond acceptors (Lipinski definition) is 4. The van der Waals surface area contributed by atoms with Crippen LogP contribution >= 0.6 is 34.7 Å². The molecule has 0 spiro atoms. The van der Waals surface area contributed by atoms with Crippen LogP contribution in [0.2, 0.25) is 10.0 Å². The molecule has 124 valence electrons. The number of nitrogens with zero attached hydrogens (tertiary/aromatic N) is 2. The van der Waals surface area contributed by atoms with Crippen molar-refractivity contribution in [1.29, 1.82) is 0 Å². The SMILES string of the molecule is Cc1ccc(Cc2nsc(NCCc3c(Cl)cccc3Cl)n2)cc1. The summed E-state index contributed by atoms with van der Waals surface area (Å²) in [5.74, 6) is 0.835. The molecule has 0 radical (unpaired) electrons. The maximum atomic E-state index is 6.18. The third-order valence-corrected chi connectivity index (χ3v) is 5.08. The van der Waals surface area contributed by atoms with Gasteiger partial charge in [0.05, 0.1) is 0 Å². The third-order valence-electron chi connectivity index (χ3n) is 3.66. The quantitative estimate of drug-likeness (QED) is 0.624. The predicted octanol–water partition coefficient (Wildman–Crippen LogP) is 5.40. The molecular formula is C18H17Cl2N3S. The second kappa shape index (κ2) is 7.97. The van der Waals surface area contributed by atoms with E-state index in [1.54, 1.807) is 0 Å². The van der Waals surface area contributed by atoms with Crippen LogP contribution in [0.1, 0.15) is 22.5 Å². The van der Waals surface area contributed by atoms with E-state index in [0.29, 0.717) is 16.6 Å². The summed E-state index contributed by atoms with van der Waals surface area (Å²) >= 11 is 13.7. The molecule has 0 fully saturated rings. The summed E-state index contributed by atoms with van der Waals surface area (Å²) in [6, 6.07) is 14.0. The van der Waals surface area contributed by atoms with E-state index in [2.05, 4.69) is 45.9 Å². The lowest BCUT2D eigenvalue weighted by Gasteiger charge is -2.07. The fraction of sp³-hybridized carbons (Fsp3) is 0.222. The second-order valence-electron chi connectivity index (χ2n) is 5.56. The Bertz CT molecular complexity index is 795. The van der Waals surface area contributed by atoms with Gasteiger partial charge in [-0.05, 0) is 36.6 Å². The van der Waals surface area contributed by atoms with Gasteiger partial charge in [0.2, 0.25) is 5.13 Å². The number of halogens is 2. The van der Waals surface area contributed by atoms with Crippen LogP contribution < -0.4 is 5.32 Å². The van der Waals surface area contributed by atoms with Gasteiger partial charge in [-0.1, -0.05) is 59.1 Å². The smallest absolute Gasteiger partial charge is 0.202 e. The molecule has 6 heteroatoms. The molecule has 3 nitrogen and oxygen atoms in total. The predicted molar refractivity (Wildman–Crippen MR) is 103 cm³/mol. The van der Waals surface area contributed by atoms with E-state index < -0.39 is 0 Å². The Kier molecular flexibility index (Phi) is 5.72. The third kappa shape index (κ3) is 4.47. The van der Waals surface area contributed by atoms with Gasteiger partial charge >= 0.3 is 0 Å². The molecule has 0 unspecified atom stereocenters. The zero-order chi connectivity index (χ0) is 16.9. The molecule has 3 aromatic rings. The van der Waals surface area contributed by atoms with Gasteiger partial charge in [0, 0.05) is 34.5 Å². The van der Waals surface area contributed by atoms with Crippen molar-refractivity contribution in [3.05, 3.63) is 75.0 Å². The van der Waals surface area contributed by atoms with Crippen LogP contribution in [0.15, 0.2) is 42.5 Å². The first kappa shape index (κ1) is 17.2. The number of aryl methyl sites for hydroxylation is 1. The van der Waals surface area contributed by atoms with Crippen molar-refractivity contribution >= 4 is 39.9 Å². The molecule has 0 aliphatic heterocycles. The summed E-state index contributed by atoms with van der Waals surface area (Å²) in [6.45, 7) is 2.79. The fourth-order valence-corrected chi connectivity index (χ4v) is 3.55.